The summed E-state index contributed by atoms with van der Waals surface area (Å²) >= 11 is 0. The van der Waals surface area contributed by atoms with E-state index in [1.165, 1.54) is 0 Å². The Morgan fingerprint density at radius 3 is 2.60 bits per heavy atom. The van der Waals surface area contributed by atoms with Gasteiger partial charge in [-0.15, -0.1) is 0 Å². The molecule has 0 aliphatic carbocycles. The summed E-state index contributed by atoms with van der Waals surface area (Å²) in [5.41, 5.74) is 2.59. The van der Waals surface area contributed by atoms with Crippen LogP contribution in [0.4, 0.5) is 5.69 Å². The number of hydrogen-bond acceptors (Lipinski definition) is 4. The summed E-state index contributed by atoms with van der Waals surface area (Å²) in [5, 5.41) is 2.92. The maximum atomic E-state index is 12.8. The zero-order valence-corrected chi connectivity index (χ0v) is 14.6. The molecule has 2 aromatic heterocycles. The zero-order chi connectivity index (χ0) is 17.8. The molecule has 0 spiro atoms. The van der Waals surface area contributed by atoms with Gasteiger partial charge in [-0.1, -0.05) is 6.92 Å². The van der Waals surface area contributed by atoms with E-state index in [2.05, 4.69) is 10.3 Å². The van der Waals surface area contributed by atoms with Crippen molar-refractivity contribution in [1.82, 2.24) is 9.38 Å². The Balaban J connectivity index is 1.93. The molecular weight excluding hydrogens is 318 g/mol. The minimum absolute atomic E-state index is 0.207. The number of hydrogen-bond donors (Lipinski definition) is 1. The van der Waals surface area contributed by atoms with Gasteiger partial charge < -0.3 is 14.8 Å². The van der Waals surface area contributed by atoms with E-state index in [1.54, 1.807) is 11.5 Å². The van der Waals surface area contributed by atoms with E-state index in [1.807, 2.05) is 56.4 Å². The molecule has 1 amide bonds. The average molecular weight is 339 g/mol. The van der Waals surface area contributed by atoms with Crippen molar-refractivity contribution in [3.05, 3.63) is 54.0 Å². The van der Waals surface area contributed by atoms with Crippen molar-refractivity contribution in [3.8, 4) is 11.5 Å². The van der Waals surface area contributed by atoms with Crippen molar-refractivity contribution in [2.45, 2.75) is 20.3 Å². The van der Waals surface area contributed by atoms with Crippen LogP contribution < -0.4 is 14.8 Å². The number of aromatic nitrogens is 2. The van der Waals surface area contributed by atoms with Crippen molar-refractivity contribution in [3.63, 3.8) is 0 Å². The lowest BCUT2D eigenvalue weighted by Crippen LogP contribution is -2.16. The standard InChI is InChI=1S/C19H21N3O3/c1-4-15-17(22-12-6-7-16(24-3)18(22)21-15)19(23)20-13-8-10-14(11-9-13)25-5-2/h6-12H,4-5H2,1-3H3,(H,20,23). The van der Waals surface area contributed by atoms with E-state index in [4.69, 9.17) is 9.47 Å². The molecule has 2 heterocycles. The Kier molecular flexibility index (Phi) is 4.88. The number of nitrogens with one attached hydrogen (secondary N) is 1. The van der Waals surface area contributed by atoms with Gasteiger partial charge in [-0.25, -0.2) is 4.98 Å². The average Bonchev–Trinajstić information content (AvgIpc) is 3.02. The Hall–Kier alpha value is -3.02. The van der Waals surface area contributed by atoms with Crippen LogP contribution in [0.15, 0.2) is 42.6 Å². The number of aryl methyl sites for hydroxylation is 1. The maximum Gasteiger partial charge on any atom is 0.274 e. The highest BCUT2D eigenvalue weighted by atomic mass is 16.5. The Bertz CT molecular complexity index is 885. The van der Waals surface area contributed by atoms with Crippen LogP contribution in [-0.2, 0) is 6.42 Å². The Labute approximate surface area is 146 Å². The third-order valence-corrected chi connectivity index (χ3v) is 3.88. The molecule has 0 fully saturated rings. The second kappa shape index (κ2) is 7.25. The van der Waals surface area contributed by atoms with Gasteiger partial charge in [-0.2, -0.15) is 0 Å². The van der Waals surface area contributed by atoms with Gasteiger partial charge in [-0.05, 0) is 49.7 Å². The van der Waals surface area contributed by atoms with Crippen LogP contribution >= 0.6 is 0 Å². The first kappa shape index (κ1) is 16.8. The number of ether oxygens (including phenoxy) is 2. The summed E-state index contributed by atoms with van der Waals surface area (Å²) < 4.78 is 12.5. The monoisotopic (exact) mass is 339 g/mol. The van der Waals surface area contributed by atoms with E-state index in [-0.39, 0.29) is 5.91 Å². The molecule has 3 aromatic rings. The van der Waals surface area contributed by atoms with E-state index < -0.39 is 0 Å². The number of fused-ring (bicyclic) bond motifs is 1. The third kappa shape index (κ3) is 3.28. The van der Waals surface area contributed by atoms with Gasteiger partial charge >= 0.3 is 0 Å². The molecule has 6 heteroatoms. The summed E-state index contributed by atoms with van der Waals surface area (Å²) in [4.78, 5) is 17.4. The summed E-state index contributed by atoms with van der Waals surface area (Å²) in [6.07, 6.45) is 2.47. The first-order chi connectivity index (χ1) is 12.2. The van der Waals surface area contributed by atoms with Gasteiger partial charge in [0.2, 0.25) is 0 Å². The Morgan fingerprint density at radius 1 is 1.20 bits per heavy atom. The maximum absolute atomic E-state index is 12.8. The summed E-state index contributed by atoms with van der Waals surface area (Å²) in [6, 6.07) is 11.0. The van der Waals surface area contributed by atoms with E-state index in [0.29, 0.717) is 35.8 Å². The van der Waals surface area contributed by atoms with Crippen molar-refractivity contribution in [1.29, 1.82) is 0 Å². The van der Waals surface area contributed by atoms with Crippen molar-refractivity contribution in [2.75, 3.05) is 19.0 Å². The predicted octanol–water partition coefficient (Wildman–Crippen LogP) is 3.56. The van der Waals surface area contributed by atoms with Crippen LogP contribution in [0.3, 0.4) is 0 Å². The van der Waals surface area contributed by atoms with Crippen LogP contribution in [0.1, 0.15) is 30.0 Å². The minimum atomic E-state index is -0.207. The highest BCUT2D eigenvalue weighted by Crippen LogP contribution is 2.23. The number of anilines is 1. The quantitative estimate of drug-likeness (QED) is 0.746. The molecule has 0 aliphatic heterocycles. The SMILES string of the molecule is CCOc1ccc(NC(=O)c2c(CC)nc3c(OC)cccn23)cc1. The minimum Gasteiger partial charge on any atom is -0.494 e. The highest BCUT2D eigenvalue weighted by Gasteiger charge is 2.20. The van der Waals surface area contributed by atoms with Crippen LogP contribution in [0.2, 0.25) is 0 Å². The van der Waals surface area contributed by atoms with Crippen molar-refractivity contribution in [2.24, 2.45) is 0 Å². The van der Waals surface area contributed by atoms with Gasteiger partial charge in [0.05, 0.1) is 19.4 Å². The first-order valence-electron chi connectivity index (χ1n) is 8.26. The van der Waals surface area contributed by atoms with Crippen LogP contribution in [0.25, 0.3) is 5.65 Å². The van der Waals surface area contributed by atoms with Crippen LogP contribution in [0.5, 0.6) is 11.5 Å². The number of rotatable bonds is 6. The third-order valence-electron chi connectivity index (χ3n) is 3.88. The molecule has 0 aliphatic rings. The zero-order valence-electron chi connectivity index (χ0n) is 14.6. The van der Waals surface area contributed by atoms with Crippen molar-refractivity contribution < 1.29 is 14.3 Å². The van der Waals surface area contributed by atoms with E-state index in [0.717, 1.165) is 11.4 Å². The molecule has 1 aromatic carbocycles. The van der Waals surface area contributed by atoms with Gasteiger partial charge in [0.15, 0.2) is 11.4 Å². The van der Waals surface area contributed by atoms with Gasteiger partial charge in [0.1, 0.15) is 11.4 Å². The molecule has 0 atom stereocenters. The van der Waals surface area contributed by atoms with Gasteiger partial charge in [0.25, 0.3) is 5.91 Å². The molecule has 6 nitrogen and oxygen atoms in total. The largest absolute Gasteiger partial charge is 0.494 e. The van der Waals surface area contributed by atoms with E-state index in [9.17, 15) is 4.79 Å². The summed E-state index contributed by atoms with van der Waals surface area (Å²) in [6.45, 7) is 4.51. The number of carbonyl (C=O) groups is 1. The molecule has 0 bridgehead atoms. The molecule has 1 N–H and O–H groups in total. The Morgan fingerprint density at radius 2 is 1.96 bits per heavy atom. The molecular formula is C19H21N3O3. The number of imidazole rings is 1. The first-order valence-corrected chi connectivity index (χ1v) is 8.26. The lowest BCUT2D eigenvalue weighted by molar-refractivity contribution is 0.102. The second-order valence-corrected chi connectivity index (χ2v) is 5.44. The number of nitrogens with zero attached hydrogens (tertiary/aromatic N) is 2. The van der Waals surface area contributed by atoms with Crippen LogP contribution in [-0.4, -0.2) is 29.0 Å². The molecule has 0 saturated heterocycles. The predicted molar refractivity (Wildman–Crippen MR) is 96.7 cm³/mol. The van der Waals surface area contributed by atoms with Gasteiger partial charge in [0, 0.05) is 11.9 Å². The number of carbonyl (C=O) groups excluding carboxylic acids is 1. The fourth-order valence-corrected chi connectivity index (χ4v) is 2.73. The number of benzene rings is 1. The normalized spacial score (nSPS) is 10.7. The van der Waals surface area contributed by atoms with Crippen LogP contribution in [0, 0.1) is 0 Å². The fraction of sp³-hybridized carbons (Fsp3) is 0.263. The number of pyridine rings is 1. The molecule has 3 rings (SSSR count). The molecule has 0 radical (unpaired) electrons. The summed E-state index contributed by atoms with van der Waals surface area (Å²) in [5.74, 6) is 1.20. The molecule has 25 heavy (non-hydrogen) atoms. The lowest BCUT2D eigenvalue weighted by Gasteiger charge is -2.08. The highest BCUT2D eigenvalue weighted by molar-refractivity contribution is 6.04. The molecule has 0 unspecified atom stereocenters. The number of amides is 1. The van der Waals surface area contributed by atoms with E-state index >= 15 is 0 Å². The smallest absolute Gasteiger partial charge is 0.274 e. The molecule has 130 valence electrons. The lowest BCUT2D eigenvalue weighted by atomic mass is 10.2. The van der Waals surface area contributed by atoms with Crippen molar-refractivity contribution >= 4 is 17.2 Å². The summed E-state index contributed by atoms with van der Waals surface area (Å²) in [7, 11) is 1.59. The van der Waals surface area contributed by atoms with Gasteiger partial charge in [-0.3, -0.25) is 9.20 Å². The topological polar surface area (TPSA) is 64.9 Å². The molecule has 0 saturated carbocycles. The fourth-order valence-electron chi connectivity index (χ4n) is 2.73. The second-order valence-electron chi connectivity index (χ2n) is 5.44. The number of methoxy groups -OCH3 is 1.